The first-order valence-electron chi connectivity index (χ1n) is 8.49. The minimum atomic E-state index is -0.323. The highest BCUT2D eigenvalue weighted by Crippen LogP contribution is 2.22. The Morgan fingerprint density at radius 1 is 1.19 bits per heavy atom. The molecule has 0 aromatic heterocycles. The van der Waals surface area contributed by atoms with Gasteiger partial charge in [-0.15, -0.1) is 0 Å². The Morgan fingerprint density at radius 2 is 1.92 bits per heavy atom. The highest BCUT2D eigenvalue weighted by Gasteiger charge is 2.15. The van der Waals surface area contributed by atoms with Gasteiger partial charge in [0.25, 0.3) is 11.8 Å². The summed E-state index contributed by atoms with van der Waals surface area (Å²) in [5.41, 5.74) is 1.83. The van der Waals surface area contributed by atoms with Crippen molar-refractivity contribution in [1.82, 2.24) is 5.32 Å². The van der Waals surface area contributed by atoms with Crippen molar-refractivity contribution in [3.8, 4) is 5.75 Å². The molecule has 0 aliphatic rings. The molecule has 0 bridgehead atoms. The average Bonchev–Trinajstić information content (AvgIpc) is 2.61. The molecule has 26 heavy (non-hydrogen) atoms. The van der Waals surface area contributed by atoms with Crippen LogP contribution >= 0.6 is 15.9 Å². The molecule has 0 aliphatic heterocycles. The van der Waals surface area contributed by atoms with E-state index in [2.05, 4.69) is 26.6 Å². The lowest BCUT2D eigenvalue weighted by atomic mass is 10.1. The number of aryl methyl sites for hydroxylation is 1. The predicted octanol–water partition coefficient (Wildman–Crippen LogP) is 4.30. The van der Waals surface area contributed by atoms with Crippen molar-refractivity contribution in [2.75, 3.05) is 11.9 Å². The molecule has 138 valence electrons. The van der Waals surface area contributed by atoms with Gasteiger partial charge < -0.3 is 15.4 Å². The second kappa shape index (κ2) is 9.38. The van der Waals surface area contributed by atoms with Gasteiger partial charge in [0.1, 0.15) is 5.75 Å². The molecular formula is C20H23BrN2O3. The van der Waals surface area contributed by atoms with Gasteiger partial charge in [-0.1, -0.05) is 35.0 Å². The Morgan fingerprint density at radius 3 is 2.62 bits per heavy atom. The molecule has 1 unspecified atom stereocenters. The zero-order valence-corrected chi connectivity index (χ0v) is 16.7. The molecule has 6 heteroatoms. The van der Waals surface area contributed by atoms with E-state index in [1.165, 1.54) is 0 Å². The normalized spacial score (nSPS) is 11.5. The summed E-state index contributed by atoms with van der Waals surface area (Å²) in [4.78, 5) is 24.6. The van der Waals surface area contributed by atoms with Crippen LogP contribution in [0, 0.1) is 6.92 Å². The Bertz CT molecular complexity index is 792. The maximum atomic E-state index is 12.4. The largest absolute Gasteiger partial charge is 0.483 e. The predicted molar refractivity (Wildman–Crippen MR) is 107 cm³/mol. The van der Waals surface area contributed by atoms with Crippen molar-refractivity contribution in [3.63, 3.8) is 0 Å². The van der Waals surface area contributed by atoms with Gasteiger partial charge in [0.2, 0.25) is 0 Å². The fourth-order valence-corrected chi connectivity index (χ4v) is 2.77. The van der Waals surface area contributed by atoms with Crippen LogP contribution in [0.5, 0.6) is 5.75 Å². The van der Waals surface area contributed by atoms with Crippen LogP contribution in [0.3, 0.4) is 0 Å². The van der Waals surface area contributed by atoms with E-state index in [4.69, 9.17) is 4.74 Å². The number of amides is 2. The molecule has 0 heterocycles. The second-order valence-electron chi connectivity index (χ2n) is 6.08. The zero-order chi connectivity index (χ0) is 19.1. The number of hydrogen-bond acceptors (Lipinski definition) is 3. The van der Waals surface area contributed by atoms with Crippen LogP contribution in [0.1, 0.15) is 36.2 Å². The second-order valence-corrected chi connectivity index (χ2v) is 6.99. The highest BCUT2D eigenvalue weighted by atomic mass is 79.9. The van der Waals surface area contributed by atoms with E-state index >= 15 is 0 Å². The molecule has 0 aliphatic carbocycles. The Hall–Kier alpha value is -2.34. The summed E-state index contributed by atoms with van der Waals surface area (Å²) < 4.78 is 6.53. The summed E-state index contributed by atoms with van der Waals surface area (Å²) in [5, 5.41) is 5.65. The Labute approximate surface area is 162 Å². The van der Waals surface area contributed by atoms with Gasteiger partial charge in [-0.3, -0.25) is 9.59 Å². The van der Waals surface area contributed by atoms with Crippen LogP contribution in [0.15, 0.2) is 46.9 Å². The molecule has 0 saturated carbocycles. The van der Waals surface area contributed by atoms with Crippen LogP contribution in [0.4, 0.5) is 5.69 Å². The number of carbonyl (C=O) groups excluding carboxylic acids is 2. The summed E-state index contributed by atoms with van der Waals surface area (Å²) in [5.74, 6) is 0.113. The quantitative estimate of drug-likeness (QED) is 0.703. The maximum absolute atomic E-state index is 12.4. The number of benzene rings is 2. The number of halogens is 1. The smallest absolute Gasteiger partial charge is 0.262 e. The van der Waals surface area contributed by atoms with Gasteiger partial charge >= 0.3 is 0 Å². The highest BCUT2D eigenvalue weighted by molar-refractivity contribution is 9.10. The van der Waals surface area contributed by atoms with Gasteiger partial charge in [-0.25, -0.2) is 0 Å². The van der Waals surface area contributed by atoms with Crippen molar-refractivity contribution in [3.05, 3.63) is 58.1 Å². The summed E-state index contributed by atoms with van der Waals surface area (Å²) in [6, 6.07) is 12.6. The number of hydrogen-bond donors (Lipinski definition) is 2. The lowest BCUT2D eigenvalue weighted by Crippen LogP contribution is -2.33. The van der Waals surface area contributed by atoms with Gasteiger partial charge in [0.05, 0.1) is 11.3 Å². The molecule has 2 aromatic rings. The molecule has 0 spiro atoms. The van der Waals surface area contributed by atoms with E-state index in [1.54, 1.807) is 30.3 Å². The number of carbonyl (C=O) groups is 2. The third-order valence-corrected chi connectivity index (χ3v) is 4.42. The number of rotatable bonds is 7. The monoisotopic (exact) mass is 418 g/mol. The number of ether oxygens (including phenoxy) is 1. The van der Waals surface area contributed by atoms with Crippen LogP contribution in [-0.2, 0) is 4.79 Å². The molecule has 2 aromatic carbocycles. The van der Waals surface area contributed by atoms with E-state index in [0.717, 1.165) is 16.5 Å². The van der Waals surface area contributed by atoms with Gasteiger partial charge in [-0.05, 0) is 56.2 Å². The van der Waals surface area contributed by atoms with Gasteiger partial charge in [-0.2, -0.15) is 0 Å². The fraction of sp³-hybridized carbons (Fsp3) is 0.300. The molecule has 0 radical (unpaired) electrons. The molecule has 2 N–H and O–H groups in total. The lowest BCUT2D eigenvalue weighted by molar-refractivity contribution is -0.118. The molecule has 0 fully saturated rings. The minimum absolute atomic E-state index is 0.0648. The first kappa shape index (κ1) is 20.0. The topological polar surface area (TPSA) is 67.4 Å². The SMILES string of the molecule is CCC(C)NC(=O)c1ccccc1NC(=O)COc1ccc(Br)cc1C. The third-order valence-electron chi connectivity index (χ3n) is 3.93. The van der Waals surface area contributed by atoms with Crippen molar-refractivity contribution in [2.45, 2.75) is 33.2 Å². The lowest BCUT2D eigenvalue weighted by Gasteiger charge is -2.15. The summed E-state index contributed by atoms with van der Waals surface area (Å²) >= 11 is 3.39. The molecular weight excluding hydrogens is 396 g/mol. The molecule has 0 saturated heterocycles. The van der Waals surface area contributed by atoms with Crippen molar-refractivity contribution in [2.24, 2.45) is 0 Å². The minimum Gasteiger partial charge on any atom is -0.483 e. The van der Waals surface area contributed by atoms with E-state index in [-0.39, 0.29) is 24.5 Å². The standard InChI is InChI=1S/C20H23BrN2O3/c1-4-14(3)22-20(25)16-7-5-6-8-17(16)23-19(24)12-26-18-10-9-15(21)11-13(18)2/h5-11,14H,4,12H2,1-3H3,(H,22,25)(H,23,24). The van der Waals surface area contributed by atoms with Crippen molar-refractivity contribution in [1.29, 1.82) is 0 Å². The van der Waals surface area contributed by atoms with E-state index in [9.17, 15) is 9.59 Å². The average molecular weight is 419 g/mol. The first-order valence-corrected chi connectivity index (χ1v) is 9.28. The van der Waals surface area contributed by atoms with E-state index in [0.29, 0.717) is 17.0 Å². The van der Waals surface area contributed by atoms with E-state index < -0.39 is 0 Å². The Kier molecular flexibility index (Phi) is 7.21. The van der Waals surface area contributed by atoms with Crippen LogP contribution < -0.4 is 15.4 Å². The zero-order valence-electron chi connectivity index (χ0n) is 15.1. The van der Waals surface area contributed by atoms with Crippen LogP contribution in [0.25, 0.3) is 0 Å². The van der Waals surface area contributed by atoms with Crippen molar-refractivity contribution < 1.29 is 14.3 Å². The summed E-state index contributed by atoms with van der Waals surface area (Å²) in [6.45, 7) is 5.71. The summed E-state index contributed by atoms with van der Waals surface area (Å²) in [7, 11) is 0. The molecule has 2 amide bonds. The number of para-hydroxylation sites is 1. The number of anilines is 1. The number of nitrogens with one attached hydrogen (secondary N) is 2. The maximum Gasteiger partial charge on any atom is 0.262 e. The molecule has 5 nitrogen and oxygen atoms in total. The molecule has 2 rings (SSSR count). The fourth-order valence-electron chi connectivity index (χ4n) is 2.30. The van der Waals surface area contributed by atoms with Crippen LogP contribution in [0.2, 0.25) is 0 Å². The summed E-state index contributed by atoms with van der Waals surface area (Å²) in [6.07, 6.45) is 0.834. The third kappa shape index (κ3) is 5.59. The van der Waals surface area contributed by atoms with Crippen LogP contribution in [-0.4, -0.2) is 24.5 Å². The first-order chi connectivity index (χ1) is 12.4. The van der Waals surface area contributed by atoms with E-state index in [1.807, 2.05) is 32.9 Å². The van der Waals surface area contributed by atoms with Gasteiger partial charge in [0.15, 0.2) is 6.61 Å². The van der Waals surface area contributed by atoms with Crippen molar-refractivity contribution >= 4 is 33.4 Å². The van der Waals surface area contributed by atoms with Gasteiger partial charge in [0, 0.05) is 10.5 Å². The Balaban J connectivity index is 2.01. The molecule has 1 atom stereocenters.